The minimum absolute atomic E-state index is 0.0563. The number of carbonyl (C=O) groups is 1. The molecule has 1 N–H and O–H groups in total. The maximum atomic E-state index is 11.8. The van der Waals surface area contributed by atoms with Crippen LogP contribution < -0.4 is 0 Å². The molecule has 0 amide bonds. The normalized spacial score (nSPS) is 13.6. The Labute approximate surface area is 100.0 Å². The topological polar surface area (TPSA) is 87.6 Å². The van der Waals surface area contributed by atoms with Crippen molar-refractivity contribution in [2.45, 2.75) is 18.7 Å². The lowest BCUT2D eigenvalue weighted by Crippen LogP contribution is -2.38. The van der Waals surface area contributed by atoms with Crippen LogP contribution in [0.5, 0.6) is 0 Å². The summed E-state index contributed by atoms with van der Waals surface area (Å²) >= 11 is 0. The van der Waals surface area contributed by atoms with Crippen LogP contribution in [0.25, 0.3) is 0 Å². The van der Waals surface area contributed by atoms with E-state index in [1.165, 1.54) is 7.05 Å². The molecule has 94 valence electrons. The average molecular weight is 258 g/mol. The van der Waals surface area contributed by atoms with Gasteiger partial charge in [-0.05, 0) is 19.1 Å². The van der Waals surface area contributed by atoms with Gasteiger partial charge in [0.25, 0.3) is 0 Å². The Morgan fingerprint density at radius 1 is 1.53 bits per heavy atom. The fourth-order valence-corrected chi connectivity index (χ4v) is 2.31. The Morgan fingerprint density at radius 2 is 2.18 bits per heavy atom. The van der Waals surface area contributed by atoms with Gasteiger partial charge in [-0.1, -0.05) is 6.07 Å². The van der Waals surface area contributed by atoms with Crippen LogP contribution >= 0.6 is 0 Å². The second-order valence-corrected chi connectivity index (χ2v) is 5.96. The van der Waals surface area contributed by atoms with E-state index in [0.717, 1.165) is 11.2 Å². The molecular weight excluding hydrogens is 244 g/mol. The van der Waals surface area contributed by atoms with Gasteiger partial charge < -0.3 is 5.11 Å². The lowest BCUT2D eigenvalue weighted by atomic mass is 10.3. The SMILES string of the molecule is CC(C(=O)O)S(=O)(=O)N(C)Cc1ccccn1. The second kappa shape index (κ2) is 5.24. The zero-order chi connectivity index (χ0) is 13.1. The molecular formula is C10H14N2O4S. The summed E-state index contributed by atoms with van der Waals surface area (Å²) in [6, 6.07) is 5.14. The van der Waals surface area contributed by atoms with Gasteiger partial charge >= 0.3 is 5.97 Å². The van der Waals surface area contributed by atoms with Gasteiger partial charge in [0.15, 0.2) is 5.25 Å². The maximum absolute atomic E-state index is 11.8. The molecule has 0 aliphatic rings. The van der Waals surface area contributed by atoms with Crippen LogP contribution in [0.3, 0.4) is 0 Å². The van der Waals surface area contributed by atoms with E-state index in [9.17, 15) is 13.2 Å². The highest BCUT2D eigenvalue weighted by atomic mass is 32.2. The molecule has 0 radical (unpaired) electrons. The van der Waals surface area contributed by atoms with Crippen molar-refractivity contribution in [3.05, 3.63) is 30.1 Å². The third-order valence-electron chi connectivity index (χ3n) is 2.34. The molecule has 0 bridgehead atoms. The lowest BCUT2D eigenvalue weighted by molar-refractivity contribution is -0.136. The molecule has 1 unspecified atom stereocenters. The van der Waals surface area contributed by atoms with E-state index >= 15 is 0 Å². The Bertz CT molecular complexity index is 486. The summed E-state index contributed by atoms with van der Waals surface area (Å²) in [7, 11) is -2.51. The van der Waals surface area contributed by atoms with Crippen molar-refractivity contribution < 1.29 is 18.3 Å². The minimum Gasteiger partial charge on any atom is -0.480 e. The van der Waals surface area contributed by atoms with E-state index in [0.29, 0.717) is 5.69 Å². The number of carboxylic acids is 1. The summed E-state index contributed by atoms with van der Waals surface area (Å²) in [5.74, 6) is -1.36. The Hall–Kier alpha value is -1.47. The maximum Gasteiger partial charge on any atom is 0.323 e. The molecule has 1 heterocycles. The third-order valence-corrected chi connectivity index (χ3v) is 4.43. The van der Waals surface area contributed by atoms with E-state index in [2.05, 4.69) is 4.98 Å². The molecule has 6 nitrogen and oxygen atoms in total. The molecule has 0 aliphatic heterocycles. The van der Waals surface area contributed by atoms with Crippen LogP contribution in [0.15, 0.2) is 24.4 Å². The van der Waals surface area contributed by atoms with Crippen LogP contribution in [0.2, 0.25) is 0 Å². The minimum atomic E-state index is -3.84. The number of hydrogen-bond acceptors (Lipinski definition) is 4. The lowest BCUT2D eigenvalue weighted by Gasteiger charge is -2.19. The van der Waals surface area contributed by atoms with Crippen molar-refractivity contribution in [3.63, 3.8) is 0 Å². The second-order valence-electron chi connectivity index (χ2n) is 3.60. The van der Waals surface area contributed by atoms with Crippen LogP contribution in [0.4, 0.5) is 0 Å². The van der Waals surface area contributed by atoms with Crippen LogP contribution in [0.1, 0.15) is 12.6 Å². The summed E-state index contributed by atoms with van der Waals surface area (Å²) in [6.45, 7) is 1.20. The van der Waals surface area contributed by atoms with Gasteiger partial charge in [0.1, 0.15) is 0 Å². The average Bonchev–Trinajstić information content (AvgIpc) is 2.29. The molecule has 0 aromatic carbocycles. The first-order valence-corrected chi connectivity index (χ1v) is 6.44. The van der Waals surface area contributed by atoms with Gasteiger partial charge in [-0.3, -0.25) is 9.78 Å². The van der Waals surface area contributed by atoms with E-state index < -0.39 is 21.2 Å². The Balaban J connectivity index is 2.84. The molecule has 0 aliphatic carbocycles. The zero-order valence-corrected chi connectivity index (χ0v) is 10.4. The van der Waals surface area contributed by atoms with Crippen molar-refractivity contribution in [1.82, 2.24) is 9.29 Å². The molecule has 0 saturated carbocycles. The first kappa shape index (κ1) is 13.6. The molecule has 0 saturated heterocycles. The van der Waals surface area contributed by atoms with Gasteiger partial charge in [-0.2, -0.15) is 4.31 Å². The number of aliphatic carboxylic acids is 1. The molecule has 1 rings (SSSR count). The van der Waals surface area contributed by atoms with Crippen LogP contribution in [0, 0.1) is 0 Å². The van der Waals surface area contributed by atoms with Crippen molar-refractivity contribution in [3.8, 4) is 0 Å². The number of rotatable bonds is 5. The quantitative estimate of drug-likeness (QED) is 0.821. The van der Waals surface area contributed by atoms with Crippen LogP contribution in [-0.2, 0) is 21.4 Å². The number of pyridine rings is 1. The predicted octanol–water partition coefficient (Wildman–Crippen LogP) is 0.316. The van der Waals surface area contributed by atoms with E-state index in [-0.39, 0.29) is 6.54 Å². The standard InChI is InChI=1S/C10H14N2O4S/c1-8(10(13)14)17(15,16)12(2)7-9-5-3-4-6-11-9/h3-6,8H,7H2,1-2H3,(H,13,14). The summed E-state index contributed by atoms with van der Waals surface area (Å²) < 4.78 is 24.6. The zero-order valence-electron chi connectivity index (χ0n) is 9.57. The summed E-state index contributed by atoms with van der Waals surface area (Å²) in [4.78, 5) is 14.7. The molecule has 0 fully saturated rings. The molecule has 7 heteroatoms. The summed E-state index contributed by atoms with van der Waals surface area (Å²) in [5, 5.41) is 7.25. The molecule has 1 atom stereocenters. The first-order valence-electron chi connectivity index (χ1n) is 4.93. The highest BCUT2D eigenvalue weighted by Crippen LogP contribution is 2.10. The van der Waals surface area contributed by atoms with Gasteiger partial charge in [0.05, 0.1) is 12.2 Å². The highest BCUT2D eigenvalue weighted by Gasteiger charge is 2.31. The Kier molecular flexibility index (Phi) is 4.19. The summed E-state index contributed by atoms with van der Waals surface area (Å²) in [5.41, 5.74) is 0.566. The molecule has 17 heavy (non-hydrogen) atoms. The van der Waals surface area contributed by atoms with Crippen molar-refractivity contribution >= 4 is 16.0 Å². The molecule has 0 spiro atoms. The number of carboxylic acid groups (broad SMARTS) is 1. The monoisotopic (exact) mass is 258 g/mol. The van der Waals surface area contributed by atoms with E-state index in [1.54, 1.807) is 24.4 Å². The smallest absolute Gasteiger partial charge is 0.323 e. The first-order chi connectivity index (χ1) is 7.85. The van der Waals surface area contributed by atoms with Crippen molar-refractivity contribution in [2.24, 2.45) is 0 Å². The summed E-state index contributed by atoms with van der Waals surface area (Å²) in [6.07, 6.45) is 1.55. The number of sulfonamides is 1. The van der Waals surface area contributed by atoms with Crippen molar-refractivity contribution in [2.75, 3.05) is 7.05 Å². The van der Waals surface area contributed by atoms with Gasteiger partial charge in [0.2, 0.25) is 10.0 Å². The predicted molar refractivity (Wildman–Crippen MR) is 61.7 cm³/mol. The van der Waals surface area contributed by atoms with E-state index in [4.69, 9.17) is 5.11 Å². The Morgan fingerprint density at radius 3 is 2.65 bits per heavy atom. The van der Waals surface area contributed by atoms with Gasteiger partial charge in [-0.15, -0.1) is 0 Å². The fraction of sp³-hybridized carbons (Fsp3) is 0.400. The van der Waals surface area contributed by atoms with Gasteiger partial charge in [-0.25, -0.2) is 8.42 Å². The molecule has 1 aromatic rings. The number of hydrogen-bond donors (Lipinski definition) is 1. The third kappa shape index (κ3) is 3.24. The largest absolute Gasteiger partial charge is 0.480 e. The molecule has 1 aromatic heterocycles. The number of nitrogens with zero attached hydrogens (tertiary/aromatic N) is 2. The van der Waals surface area contributed by atoms with E-state index in [1.807, 2.05) is 0 Å². The highest BCUT2D eigenvalue weighted by molar-refractivity contribution is 7.90. The fourth-order valence-electron chi connectivity index (χ4n) is 1.21. The van der Waals surface area contributed by atoms with Gasteiger partial charge in [0, 0.05) is 13.2 Å². The number of aromatic nitrogens is 1. The van der Waals surface area contributed by atoms with Crippen LogP contribution in [-0.4, -0.2) is 41.1 Å². The van der Waals surface area contributed by atoms with Crippen molar-refractivity contribution in [1.29, 1.82) is 0 Å².